The van der Waals surface area contributed by atoms with Crippen molar-refractivity contribution in [3.05, 3.63) is 48.0 Å². The Morgan fingerprint density at radius 3 is 2.61 bits per heavy atom. The van der Waals surface area contributed by atoms with Crippen LogP contribution < -0.4 is 4.90 Å². The van der Waals surface area contributed by atoms with Crippen molar-refractivity contribution in [2.24, 2.45) is 10.2 Å². The Morgan fingerprint density at radius 1 is 1.13 bits per heavy atom. The molecule has 0 fully saturated rings. The van der Waals surface area contributed by atoms with Gasteiger partial charge >= 0.3 is 0 Å². The van der Waals surface area contributed by atoms with Gasteiger partial charge in [0.05, 0.1) is 22.5 Å². The first kappa shape index (κ1) is 15.6. The molecule has 0 unspecified atom stereocenters. The van der Waals surface area contributed by atoms with Crippen molar-refractivity contribution >= 4 is 38.1 Å². The molecule has 0 atom stereocenters. The average molecular weight is 326 g/mol. The molecule has 5 nitrogen and oxygen atoms in total. The Morgan fingerprint density at radius 2 is 1.91 bits per heavy atom. The molecule has 0 saturated heterocycles. The molecule has 0 aliphatic heterocycles. The number of aliphatic hydroxyl groups is 1. The van der Waals surface area contributed by atoms with Gasteiger partial charge in [0.15, 0.2) is 0 Å². The summed E-state index contributed by atoms with van der Waals surface area (Å²) < 4.78 is 1.01. The SMILES string of the molecule is CCN(C)c1ccc(/N=N/c2nc3ccc(CO)cc3s2)cc1. The molecule has 1 heterocycles. The number of fused-ring (bicyclic) bond motifs is 1. The van der Waals surface area contributed by atoms with E-state index in [9.17, 15) is 5.11 Å². The average Bonchev–Trinajstić information content (AvgIpc) is 3.01. The fourth-order valence-electron chi connectivity index (χ4n) is 2.15. The number of hydrogen-bond donors (Lipinski definition) is 1. The number of azo groups is 1. The van der Waals surface area contributed by atoms with Gasteiger partial charge in [0.25, 0.3) is 0 Å². The number of rotatable bonds is 5. The normalized spacial score (nSPS) is 11.4. The molecule has 1 N–H and O–H groups in total. The third kappa shape index (κ3) is 3.55. The van der Waals surface area contributed by atoms with Crippen molar-refractivity contribution in [1.82, 2.24) is 4.98 Å². The van der Waals surface area contributed by atoms with Gasteiger partial charge in [-0.05, 0) is 48.9 Å². The lowest BCUT2D eigenvalue weighted by molar-refractivity contribution is 0.282. The molecule has 3 rings (SSSR count). The van der Waals surface area contributed by atoms with Gasteiger partial charge in [0.1, 0.15) is 0 Å². The number of aromatic nitrogens is 1. The maximum absolute atomic E-state index is 9.17. The molecule has 6 heteroatoms. The predicted molar refractivity (Wildman–Crippen MR) is 95.1 cm³/mol. The smallest absolute Gasteiger partial charge is 0.231 e. The molecule has 0 bridgehead atoms. The first-order valence-electron chi connectivity index (χ1n) is 7.43. The molecule has 23 heavy (non-hydrogen) atoms. The van der Waals surface area contributed by atoms with Crippen LogP contribution in [0.2, 0.25) is 0 Å². The van der Waals surface area contributed by atoms with Crippen molar-refractivity contribution in [3.8, 4) is 0 Å². The van der Waals surface area contributed by atoms with Crippen molar-refractivity contribution in [1.29, 1.82) is 0 Å². The lowest BCUT2D eigenvalue weighted by atomic mass is 10.2. The zero-order valence-electron chi connectivity index (χ0n) is 13.1. The monoisotopic (exact) mass is 326 g/mol. The Kier molecular flexibility index (Phi) is 4.64. The van der Waals surface area contributed by atoms with E-state index in [2.05, 4.69) is 34.1 Å². The summed E-state index contributed by atoms with van der Waals surface area (Å²) in [5.41, 5.74) is 3.71. The summed E-state index contributed by atoms with van der Waals surface area (Å²) in [6.45, 7) is 3.11. The second-order valence-electron chi connectivity index (χ2n) is 5.19. The van der Waals surface area contributed by atoms with Crippen LogP contribution in [-0.4, -0.2) is 23.7 Å². The van der Waals surface area contributed by atoms with Gasteiger partial charge < -0.3 is 10.0 Å². The first-order valence-corrected chi connectivity index (χ1v) is 8.24. The molecular weight excluding hydrogens is 308 g/mol. The van der Waals surface area contributed by atoms with E-state index >= 15 is 0 Å². The van der Waals surface area contributed by atoms with Crippen molar-refractivity contribution < 1.29 is 5.11 Å². The van der Waals surface area contributed by atoms with Crippen LogP contribution in [0, 0.1) is 0 Å². The van der Waals surface area contributed by atoms with Crippen LogP contribution in [0.5, 0.6) is 0 Å². The maximum Gasteiger partial charge on any atom is 0.231 e. The van der Waals surface area contributed by atoms with E-state index in [1.807, 2.05) is 42.5 Å². The molecular formula is C17H18N4OS. The second kappa shape index (κ2) is 6.85. The van der Waals surface area contributed by atoms with E-state index < -0.39 is 0 Å². The third-order valence-electron chi connectivity index (χ3n) is 3.64. The van der Waals surface area contributed by atoms with E-state index in [1.54, 1.807) is 0 Å². The molecule has 0 radical (unpaired) electrons. The molecule has 1 aromatic heterocycles. The fourth-order valence-corrected chi connectivity index (χ4v) is 3.01. The molecule has 0 saturated carbocycles. The Hall–Kier alpha value is -2.31. The number of aliphatic hydroxyl groups excluding tert-OH is 1. The second-order valence-corrected chi connectivity index (χ2v) is 6.20. The lowest BCUT2D eigenvalue weighted by Crippen LogP contribution is -2.15. The number of hydrogen-bond acceptors (Lipinski definition) is 6. The summed E-state index contributed by atoms with van der Waals surface area (Å²) in [5.74, 6) is 0. The molecule has 0 aliphatic carbocycles. The van der Waals surface area contributed by atoms with Crippen LogP contribution in [-0.2, 0) is 6.61 Å². The van der Waals surface area contributed by atoms with Gasteiger partial charge in [-0.2, -0.15) is 0 Å². The largest absolute Gasteiger partial charge is 0.392 e. The van der Waals surface area contributed by atoms with E-state index in [4.69, 9.17) is 0 Å². The maximum atomic E-state index is 9.17. The number of benzene rings is 2. The van der Waals surface area contributed by atoms with Gasteiger partial charge in [-0.15, -0.1) is 10.2 Å². The van der Waals surface area contributed by atoms with Crippen molar-refractivity contribution in [3.63, 3.8) is 0 Å². The number of anilines is 1. The van der Waals surface area contributed by atoms with Gasteiger partial charge in [0.2, 0.25) is 5.13 Å². The summed E-state index contributed by atoms with van der Waals surface area (Å²) in [7, 11) is 2.05. The Bertz CT molecular complexity index is 826. The van der Waals surface area contributed by atoms with Gasteiger partial charge in [-0.3, -0.25) is 0 Å². The van der Waals surface area contributed by atoms with Gasteiger partial charge in [-0.25, -0.2) is 4.98 Å². The molecule has 2 aromatic carbocycles. The fraction of sp³-hybridized carbons (Fsp3) is 0.235. The minimum absolute atomic E-state index is 0.0310. The van der Waals surface area contributed by atoms with E-state index in [-0.39, 0.29) is 6.61 Å². The highest BCUT2D eigenvalue weighted by atomic mass is 32.1. The highest BCUT2D eigenvalue weighted by Gasteiger charge is 2.04. The molecule has 118 valence electrons. The molecule has 0 amide bonds. The summed E-state index contributed by atoms with van der Waals surface area (Å²) in [5, 5.41) is 18.3. The zero-order valence-corrected chi connectivity index (χ0v) is 13.9. The van der Waals surface area contributed by atoms with Gasteiger partial charge in [-0.1, -0.05) is 17.4 Å². The van der Waals surface area contributed by atoms with Crippen molar-refractivity contribution in [2.45, 2.75) is 13.5 Å². The molecule has 0 aliphatic rings. The quantitative estimate of drug-likeness (QED) is 0.694. The van der Waals surface area contributed by atoms with Crippen LogP contribution in [0.4, 0.5) is 16.5 Å². The number of nitrogens with zero attached hydrogens (tertiary/aromatic N) is 4. The van der Waals surface area contributed by atoms with Crippen LogP contribution >= 0.6 is 11.3 Å². The van der Waals surface area contributed by atoms with E-state index in [1.165, 1.54) is 11.3 Å². The predicted octanol–water partition coefficient (Wildman–Crippen LogP) is 4.66. The highest BCUT2D eigenvalue weighted by Crippen LogP contribution is 2.30. The summed E-state index contributed by atoms with van der Waals surface area (Å²) >= 11 is 1.47. The third-order valence-corrected chi connectivity index (χ3v) is 4.54. The molecule has 0 spiro atoms. The van der Waals surface area contributed by atoms with E-state index in [0.29, 0.717) is 5.13 Å². The van der Waals surface area contributed by atoms with E-state index in [0.717, 1.165) is 33.7 Å². The van der Waals surface area contributed by atoms with Crippen molar-refractivity contribution in [2.75, 3.05) is 18.5 Å². The van der Waals surface area contributed by atoms with Crippen LogP contribution in [0.1, 0.15) is 12.5 Å². The highest BCUT2D eigenvalue weighted by molar-refractivity contribution is 7.21. The van der Waals surface area contributed by atoms with Crippen LogP contribution in [0.3, 0.4) is 0 Å². The molecule has 3 aromatic rings. The Balaban J connectivity index is 1.79. The standard InChI is InChI=1S/C17H18N4OS/c1-3-21(2)14-7-5-13(6-8-14)19-20-17-18-15-9-4-12(11-22)10-16(15)23-17/h4-10,22H,3,11H2,1-2H3/b20-19+. The van der Waals surface area contributed by atoms with Crippen LogP contribution in [0.25, 0.3) is 10.2 Å². The topological polar surface area (TPSA) is 61.1 Å². The lowest BCUT2D eigenvalue weighted by Gasteiger charge is -2.16. The minimum atomic E-state index is 0.0310. The van der Waals surface area contributed by atoms with Crippen LogP contribution in [0.15, 0.2) is 52.7 Å². The first-order chi connectivity index (χ1) is 11.2. The Labute approximate surface area is 138 Å². The minimum Gasteiger partial charge on any atom is -0.392 e. The zero-order chi connectivity index (χ0) is 16.2. The van der Waals surface area contributed by atoms with Gasteiger partial charge in [0, 0.05) is 19.3 Å². The number of thiazole rings is 1. The summed E-state index contributed by atoms with van der Waals surface area (Å²) in [6.07, 6.45) is 0. The summed E-state index contributed by atoms with van der Waals surface area (Å²) in [6, 6.07) is 13.6. The summed E-state index contributed by atoms with van der Waals surface area (Å²) in [4.78, 5) is 6.59.